The standard InChI is InChI=1S/C8H16N2O2/c1-4-10-7(6(3)9)8(11)12-5-2/h10H,4-5,9H2,1-3H3. The summed E-state index contributed by atoms with van der Waals surface area (Å²) in [6, 6.07) is 0. The fraction of sp³-hybridized carbons (Fsp3) is 0.625. The Morgan fingerprint density at radius 1 is 1.50 bits per heavy atom. The molecule has 0 saturated heterocycles. The van der Waals surface area contributed by atoms with E-state index in [0.29, 0.717) is 24.5 Å². The van der Waals surface area contributed by atoms with Gasteiger partial charge in [-0.2, -0.15) is 0 Å². The third-order valence-corrected chi connectivity index (χ3v) is 1.23. The van der Waals surface area contributed by atoms with Gasteiger partial charge < -0.3 is 15.8 Å². The highest BCUT2D eigenvalue weighted by molar-refractivity contribution is 5.88. The van der Waals surface area contributed by atoms with Crippen molar-refractivity contribution in [3.63, 3.8) is 0 Å². The molecule has 0 aromatic rings. The van der Waals surface area contributed by atoms with Crippen LogP contribution in [0.4, 0.5) is 0 Å². The molecule has 4 nitrogen and oxygen atoms in total. The Balaban J connectivity index is 4.32. The number of carbonyl (C=O) groups excluding carboxylic acids is 1. The van der Waals surface area contributed by atoms with Crippen molar-refractivity contribution in [2.24, 2.45) is 5.73 Å². The summed E-state index contributed by atoms with van der Waals surface area (Å²) < 4.78 is 4.78. The molecule has 0 saturated carbocycles. The first-order chi connectivity index (χ1) is 5.63. The monoisotopic (exact) mass is 172 g/mol. The maximum absolute atomic E-state index is 11.2. The van der Waals surface area contributed by atoms with E-state index in [4.69, 9.17) is 10.5 Å². The first-order valence-electron chi connectivity index (χ1n) is 4.00. The summed E-state index contributed by atoms with van der Waals surface area (Å²) in [6.07, 6.45) is 0. The predicted octanol–water partition coefficient (Wildman–Crippen LogP) is 0.349. The number of nitrogens with two attached hydrogens (primary N) is 1. The number of esters is 1. The molecule has 0 bridgehead atoms. The van der Waals surface area contributed by atoms with E-state index in [-0.39, 0.29) is 5.97 Å². The van der Waals surface area contributed by atoms with Crippen LogP contribution in [-0.4, -0.2) is 19.1 Å². The van der Waals surface area contributed by atoms with Gasteiger partial charge in [-0.15, -0.1) is 0 Å². The van der Waals surface area contributed by atoms with Crippen molar-refractivity contribution in [3.8, 4) is 0 Å². The van der Waals surface area contributed by atoms with Crippen LogP contribution in [0.2, 0.25) is 0 Å². The summed E-state index contributed by atoms with van der Waals surface area (Å²) in [7, 11) is 0. The molecular formula is C8H16N2O2. The topological polar surface area (TPSA) is 64.3 Å². The molecule has 0 unspecified atom stereocenters. The van der Waals surface area contributed by atoms with Crippen LogP contribution in [0.5, 0.6) is 0 Å². The van der Waals surface area contributed by atoms with Crippen LogP contribution in [0.15, 0.2) is 11.4 Å². The van der Waals surface area contributed by atoms with Crippen LogP contribution in [-0.2, 0) is 9.53 Å². The van der Waals surface area contributed by atoms with Gasteiger partial charge in [0.05, 0.1) is 6.61 Å². The van der Waals surface area contributed by atoms with Crippen LogP contribution < -0.4 is 11.1 Å². The smallest absolute Gasteiger partial charge is 0.356 e. The zero-order chi connectivity index (χ0) is 9.56. The molecule has 0 amide bonds. The van der Waals surface area contributed by atoms with Gasteiger partial charge in [0, 0.05) is 12.2 Å². The molecule has 0 radical (unpaired) electrons. The van der Waals surface area contributed by atoms with E-state index in [2.05, 4.69) is 5.32 Å². The quantitative estimate of drug-likeness (QED) is 0.474. The number of ether oxygens (including phenoxy) is 1. The van der Waals surface area contributed by atoms with Gasteiger partial charge in [-0.1, -0.05) is 0 Å². The van der Waals surface area contributed by atoms with E-state index >= 15 is 0 Å². The fourth-order valence-electron chi connectivity index (χ4n) is 0.753. The SMILES string of the molecule is CCNC(C(=O)OCC)=C(C)N. The van der Waals surface area contributed by atoms with E-state index in [1.165, 1.54) is 0 Å². The Bertz CT molecular complexity index is 183. The predicted molar refractivity (Wildman–Crippen MR) is 47.2 cm³/mol. The van der Waals surface area contributed by atoms with Crippen molar-refractivity contribution in [1.82, 2.24) is 5.32 Å². The molecule has 0 aromatic carbocycles. The highest BCUT2D eigenvalue weighted by Crippen LogP contribution is 1.97. The summed E-state index contributed by atoms with van der Waals surface area (Å²) >= 11 is 0. The van der Waals surface area contributed by atoms with E-state index in [9.17, 15) is 4.79 Å². The number of allylic oxidation sites excluding steroid dienone is 1. The van der Waals surface area contributed by atoms with Gasteiger partial charge in [0.25, 0.3) is 0 Å². The Kier molecular flexibility index (Phi) is 4.92. The molecule has 0 aliphatic carbocycles. The largest absolute Gasteiger partial charge is 0.461 e. The third-order valence-electron chi connectivity index (χ3n) is 1.23. The molecule has 4 heteroatoms. The van der Waals surface area contributed by atoms with Crippen molar-refractivity contribution in [2.45, 2.75) is 20.8 Å². The number of carbonyl (C=O) groups is 1. The van der Waals surface area contributed by atoms with Gasteiger partial charge in [-0.05, 0) is 20.8 Å². The number of hydrogen-bond donors (Lipinski definition) is 2. The number of rotatable bonds is 4. The number of nitrogens with one attached hydrogen (secondary N) is 1. The van der Waals surface area contributed by atoms with Gasteiger partial charge in [0.1, 0.15) is 5.70 Å². The Morgan fingerprint density at radius 2 is 2.08 bits per heavy atom. The minimum absolute atomic E-state index is 0.361. The van der Waals surface area contributed by atoms with E-state index in [1.54, 1.807) is 13.8 Å². The van der Waals surface area contributed by atoms with E-state index < -0.39 is 0 Å². The minimum atomic E-state index is -0.389. The average molecular weight is 172 g/mol. The van der Waals surface area contributed by atoms with Gasteiger partial charge in [-0.25, -0.2) is 4.79 Å². The molecule has 0 rings (SSSR count). The first-order valence-corrected chi connectivity index (χ1v) is 4.00. The van der Waals surface area contributed by atoms with Crippen molar-refractivity contribution >= 4 is 5.97 Å². The zero-order valence-corrected chi connectivity index (χ0v) is 7.81. The second-order valence-electron chi connectivity index (χ2n) is 2.31. The first kappa shape index (κ1) is 10.8. The fourth-order valence-corrected chi connectivity index (χ4v) is 0.753. The minimum Gasteiger partial charge on any atom is -0.461 e. The Hall–Kier alpha value is -1.19. The Labute approximate surface area is 72.8 Å². The van der Waals surface area contributed by atoms with Crippen molar-refractivity contribution in [3.05, 3.63) is 11.4 Å². The summed E-state index contributed by atoms with van der Waals surface area (Å²) in [5.41, 5.74) is 6.28. The van der Waals surface area contributed by atoms with Gasteiger partial charge >= 0.3 is 5.97 Å². The van der Waals surface area contributed by atoms with Crippen LogP contribution in [0, 0.1) is 0 Å². The molecule has 0 aromatic heterocycles. The molecule has 70 valence electrons. The molecule has 3 N–H and O–H groups in total. The van der Waals surface area contributed by atoms with Gasteiger partial charge in [0.2, 0.25) is 0 Å². The third kappa shape index (κ3) is 3.27. The summed E-state index contributed by atoms with van der Waals surface area (Å²) in [5.74, 6) is -0.389. The second-order valence-corrected chi connectivity index (χ2v) is 2.31. The average Bonchev–Trinajstić information content (AvgIpc) is 1.99. The molecule has 0 aliphatic heterocycles. The summed E-state index contributed by atoms with van der Waals surface area (Å²) in [5, 5.41) is 2.85. The molecule has 0 atom stereocenters. The Morgan fingerprint density at radius 3 is 2.42 bits per heavy atom. The lowest BCUT2D eigenvalue weighted by atomic mass is 10.3. The molecule has 0 aliphatic rings. The van der Waals surface area contributed by atoms with Crippen molar-refractivity contribution < 1.29 is 9.53 Å². The van der Waals surface area contributed by atoms with Crippen LogP contribution in [0.1, 0.15) is 20.8 Å². The highest BCUT2D eigenvalue weighted by atomic mass is 16.5. The van der Waals surface area contributed by atoms with Gasteiger partial charge in [-0.3, -0.25) is 0 Å². The van der Waals surface area contributed by atoms with E-state index in [1.807, 2.05) is 6.92 Å². The van der Waals surface area contributed by atoms with Crippen molar-refractivity contribution in [1.29, 1.82) is 0 Å². The normalized spacial score (nSPS) is 11.9. The lowest BCUT2D eigenvalue weighted by Gasteiger charge is -2.09. The maximum Gasteiger partial charge on any atom is 0.356 e. The lowest BCUT2D eigenvalue weighted by Crippen LogP contribution is -2.25. The summed E-state index contributed by atoms with van der Waals surface area (Å²) in [6.45, 7) is 6.33. The highest BCUT2D eigenvalue weighted by Gasteiger charge is 2.10. The van der Waals surface area contributed by atoms with Crippen LogP contribution >= 0.6 is 0 Å². The lowest BCUT2D eigenvalue weighted by molar-refractivity contribution is -0.139. The maximum atomic E-state index is 11.2. The molecule has 0 heterocycles. The van der Waals surface area contributed by atoms with Crippen LogP contribution in [0.25, 0.3) is 0 Å². The zero-order valence-electron chi connectivity index (χ0n) is 7.81. The number of hydrogen-bond acceptors (Lipinski definition) is 4. The van der Waals surface area contributed by atoms with E-state index in [0.717, 1.165) is 0 Å². The second kappa shape index (κ2) is 5.46. The van der Waals surface area contributed by atoms with Crippen LogP contribution in [0.3, 0.4) is 0 Å². The van der Waals surface area contributed by atoms with Crippen molar-refractivity contribution in [2.75, 3.05) is 13.2 Å². The summed E-state index contributed by atoms with van der Waals surface area (Å²) in [4.78, 5) is 11.2. The van der Waals surface area contributed by atoms with Gasteiger partial charge in [0.15, 0.2) is 0 Å². The molecule has 0 fully saturated rings. The molecule has 0 spiro atoms. The molecule has 12 heavy (non-hydrogen) atoms. The number of likely N-dealkylation sites (N-methyl/N-ethyl adjacent to an activating group) is 1. The molecular weight excluding hydrogens is 156 g/mol.